The van der Waals surface area contributed by atoms with Crippen LogP contribution in [0.3, 0.4) is 0 Å². The molecule has 41 heavy (non-hydrogen) atoms. The third-order valence-corrected chi connectivity index (χ3v) is 9.20. The first kappa shape index (κ1) is 25.8. The van der Waals surface area contributed by atoms with Crippen LogP contribution in [0.2, 0.25) is 10.0 Å². The summed E-state index contributed by atoms with van der Waals surface area (Å²) in [6, 6.07) is 25.6. The van der Waals surface area contributed by atoms with E-state index >= 15 is 0 Å². The molecule has 0 unspecified atom stereocenters. The van der Waals surface area contributed by atoms with Gasteiger partial charge in [-0.1, -0.05) is 95.5 Å². The lowest BCUT2D eigenvalue weighted by atomic mass is 9.62. The second kappa shape index (κ2) is 9.44. The lowest BCUT2D eigenvalue weighted by Gasteiger charge is -2.38. The van der Waals surface area contributed by atoms with Crippen molar-refractivity contribution in [1.82, 2.24) is 4.90 Å². The van der Waals surface area contributed by atoms with Crippen LogP contribution in [0.1, 0.15) is 49.0 Å². The van der Waals surface area contributed by atoms with Crippen molar-refractivity contribution in [1.29, 1.82) is 0 Å². The van der Waals surface area contributed by atoms with Crippen LogP contribution < -0.4 is 5.32 Å². The molecule has 0 aromatic heterocycles. The Kier molecular flexibility index (Phi) is 5.93. The number of benzene rings is 4. The molecule has 0 saturated carbocycles. The summed E-state index contributed by atoms with van der Waals surface area (Å²) in [5.41, 5.74) is 3.45. The Balaban J connectivity index is 1.54. The number of nitrogens with one attached hydrogen (secondary N) is 1. The van der Waals surface area contributed by atoms with Gasteiger partial charge < -0.3 is 10.2 Å². The van der Waals surface area contributed by atoms with Gasteiger partial charge in [0.25, 0.3) is 0 Å². The Bertz CT molecular complexity index is 1800. The van der Waals surface area contributed by atoms with Crippen molar-refractivity contribution < 1.29 is 14.4 Å². The van der Waals surface area contributed by atoms with Crippen LogP contribution in [0.5, 0.6) is 0 Å². The Hall–Kier alpha value is -4.19. The predicted molar refractivity (Wildman–Crippen MR) is 160 cm³/mol. The quantitative estimate of drug-likeness (QED) is 0.258. The maximum atomic E-state index is 14.8. The van der Waals surface area contributed by atoms with Crippen LogP contribution in [0, 0.1) is 12.8 Å². The highest BCUT2D eigenvalue weighted by molar-refractivity contribution is 6.37. The zero-order valence-corrected chi connectivity index (χ0v) is 23.5. The summed E-state index contributed by atoms with van der Waals surface area (Å²) in [5.74, 6) is -1.99. The molecule has 1 spiro atoms. The Morgan fingerprint density at radius 2 is 1.61 bits per heavy atom. The largest absolute Gasteiger partial charge is 0.358 e. The molecule has 4 aromatic rings. The van der Waals surface area contributed by atoms with E-state index in [1.54, 1.807) is 24.3 Å². The summed E-state index contributed by atoms with van der Waals surface area (Å²) in [5, 5.41) is 3.65. The van der Waals surface area contributed by atoms with Crippen LogP contribution in [-0.2, 0) is 10.2 Å². The first-order valence-electron chi connectivity index (χ1n) is 13.4. The number of amides is 1. The molecule has 202 valence electrons. The maximum Gasteiger partial charge on any atom is 0.238 e. The number of hydrogen-bond acceptors (Lipinski definition) is 4. The number of carbonyl (C=O) groups excluding carboxylic acids is 3. The van der Waals surface area contributed by atoms with Crippen LogP contribution in [0.25, 0.3) is 6.08 Å². The standard InChI is InChI=1S/C34H24Cl2N2O3/c1-19-10-12-21(13-11-19)30(39)28-29(31(40)24-15-14-22(35)18-26(24)36)38-17-16-20-6-2-3-7-23(20)32(38)34(28)25-8-4-5-9-27(25)37-33(34)41/h2-18,28-29,32H,1H3,(H,37,41)/t28-,29-,32+,34+/m0/s1. The minimum Gasteiger partial charge on any atom is -0.358 e. The number of anilines is 1. The molecule has 0 bridgehead atoms. The number of halogens is 2. The number of fused-ring (bicyclic) bond motifs is 6. The summed E-state index contributed by atoms with van der Waals surface area (Å²) >= 11 is 12.7. The van der Waals surface area contributed by atoms with Gasteiger partial charge in [0.1, 0.15) is 11.5 Å². The predicted octanol–water partition coefficient (Wildman–Crippen LogP) is 7.28. The summed E-state index contributed by atoms with van der Waals surface area (Å²) in [6.45, 7) is 1.95. The van der Waals surface area contributed by atoms with E-state index in [1.165, 1.54) is 6.07 Å². The third-order valence-electron chi connectivity index (χ3n) is 8.65. The number of para-hydroxylation sites is 1. The third kappa shape index (κ3) is 3.66. The Morgan fingerprint density at radius 3 is 2.39 bits per heavy atom. The van der Waals surface area contributed by atoms with Gasteiger partial charge in [-0.3, -0.25) is 14.4 Å². The van der Waals surface area contributed by atoms with Crippen molar-refractivity contribution >= 4 is 52.4 Å². The van der Waals surface area contributed by atoms with E-state index in [0.29, 0.717) is 21.8 Å². The molecule has 1 fully saturated rings. The van der Waals surface area contributed by atoms with Gasteiger partial charge in [0.15, 0.2) is 11.6 Å². The minimum atomic E-state index is -1.39. The molecule has 4 atom stereocenters. The second-order valence-corrected chi connectivity index (χ2v) is 11.6. The molecule has 1 amide bonds. The van der Waals surface area contributed by atoms with Crippen molar-refractivity contribution in [2.24, 2.45) is 5.92 Å². The van der Waals surface area contributed by atoms with Crippen LogP contribution >= 0.6 is 23.2 Å². The smallest absolute Gasteiger partial charge is 0.238 e. The highest BCUT2D eigenvalue weighted by Crippen LogP contribution is 2.62. The highest BCUT2D eigenvalue weighted by atomic mass is 35.5. The molecule has 0 radical (unpaired) electrons. The first-order valence-corrected chi connectivity index (χ1v) is 14.1. The number of rotatable bonds is 4. The minimum absolute atomic E-state index is 0.194. The average Bonchev–Trinajstić information content (AvgIpc) is 3.45. The van der Waals surface area contributed by atoms with Crippen molar-refractivity contribution in [2.45, 2.75) is 24.4 Å². The summed E-state index contributed by atoms with van der Waals surface area (Å²) < 4.78 is 0. The zero-order chi connectivity index (χ0) is 28.5. The van der Waals surface area contributed by atoms with Crippen molar-refractivity contribution in [3.05, 3.63) is 141 Å². The molecular formula is C34H24Cl2N2O3. The Labute approximate surface area is 247 Å². The molecule has 1 saturated heterocycles. The van der Waals surface area contributed by atoms with Gasteiger partial charge in [-0.2, -0.15) is 0 Å². The van der Waals surface area contributed by atoms with Gasteiger partial charge >= 0.3 is 0 Å². The molecular weight excluding hydrogens is 555 g/mol. The fourth-order valence-electron chi connectivity index (χ4n) is 6.91. The molecule has 7 rings (SSSR count). The molecule has 3 aliphatic rings. The molecule has 3 aliphatic heterocycles. The molecule has 5 nitrogen and oxygen atoms in total. The summed E-state index contributed by atoms with van der Waals surface area (Å²) in [7, 11) is 0. The lowest BCUT2D eigenvalue weighted by Crippen LogP contribution is -2.49. The summed E-state index contributed by atoms with van der Waals surface area (Å²) in [4.78, 5) is 45.8. The van der Waals surface area contributed by atoms with Gasteiger partial charge in [0.2, 0.25) is 5.91 Å². The molecule has 3 heterocycles. The van der Waals surface area contributed by atoms with E-state index in [9.17, 15) is 14.4 Å². The van der Waals surface area contributed by atoms with E-state index in [0.717, 1.165) is 16.7 Å². The van der Waals surface area contributed by atoms with E-state index < -0.39 is 23.4 Å². The summed E-state index contributed by atoms with van der Waals surface area (Å²) in [6.07, 6.45) is 3.78. The highest BCUT2D eigenvalue weighted by Gasteiger charge is 2.70. The Morgan fingerprint density at radius 1 is 0.878 bits per heavy atom. The van der Waals surface area contributed by atoms with E-state index in [1.807, 2.05) is 84.8 Å². The van der Waals surface area contributed by atoms with E-state index in [2.05, 4.69) is 5.32 Å². The fourth-order valence-corrected chi connectivity index (χ4v) is 7.42. The monoisotopic (exact) mass is 578 g/mol. The van der Waals surface area contributed by atoms with Gasteiger partial charge in [-0.15, -0.1) is 0 Å². The molecule has 4 aromatic carbocycles. The number of aryl methyl sites for hydroxylation is 1. The van der Waals surface area contributed by atoms with Crippen molar-refractivity contribution in [2.75, 3.05) is 5.32 Å². The topological polar surface area (TPSA) is 66.5 Å². The van der Waals surface area contributed by atoms with Crippen molar-refractivity contribution in [3.8, 4) is 0 Å². The number of carbonyl (C=O) groups is 3. The maximum absolute atomic E-state index is 14.8. The second-order valence-electron chi connectivity index (χ2n) is 10.8. The number of Topliss-reactive ketones (excluding diaryl/α,β-unsaturated/α-hetero) is 2. The number of ketones is 2. The SMILES string of the molecule is Cc1ccc(C(=O)[C@@H]2[C@@H](C(=O)c3ccc(Cl)cc3Cl)N3C=Cc4ccccc4[C@@H]3[C@]23C(=O)Nc2ccccc23)cc1. The van der Waals surface area contributed by atoms with Gasteiger partial charge in [-0.25, -0.2) is 0 Å². The van der Waals surface area contributed by atoms with Gasteiger partial charge in [0, 0.05) is 28.0 Å². The lowest BCUT2D eigenvalue weighted by molar-refractivity contribution is -0.122. The van der Waals surface area contributed by atoms with Crippen molar-refractivity contribution in [3.63, 3.8) is 0 Å². The van der Waals surface area contributed by atoms with E-state index in [4.69, 9.17) is 23.2 Å². The van der Waals surface area contributed by atoms with Crippen LogP contribution in [0.15, 0.2) is 97.2 Å². The molecule has 0 aliphatic carbocycles. The number of hydrogen-bond donors (Lipinski definition) is 1. The zero-order valence-electron chi connectivity index (χ0n) is 22.0. The number of nitrogens with zero attached hydrogens (tertiary/aromatic N) is 1. The van der Waals surface area contributed by atoms with Gasteiger partial charge in [0.05, 0.1) is 17.0 Å². The van der Waals surface area contributed by atoms with Crippen LogP contribution in [0.4, 0.5) is 5.69 Å². The molecule has 7 heteroatoms. The first-order chi connectivity index (χ1) is 19.8. The average molecular weight is 579 g/mol. The van der Waals surface area contributed by atoms with E-state index in [-0.39, 0.29) is 28.1 Å². The normalized spacial score (nSPS) is 23.6. The van der Waals surface area contributed by atoms with Gasteiger partial charge in [-0.05, 0) is 54.0 Å². The fraction of sp³-hybridized carbons (Fsp3) is 0.147. The molecule has 1 N–H and O–H groups in total. The van der Waals surface area contributed by atoms with Crippen LogP contribution in [-0.4, -0.2) is 28.4 Å².